The summed E-state index contributed by atoms with van der Waals surface area (Å²) in [6, 6.07) is 7.45. The normalized spacial score (nSPS) is 15.9. The fraction of sp³-hybridized carbons (Fsp3) is 0.375. The van der Waals surface area contributed by atoms with E-state index in [4.69, 9.17) is 4.74 Å². The zero-order valence-corrected chi connectivity index (χ0v) is 14.7. The van der Waals surface area contributed by atoms with Crippen molar-refractivity contribution in [3.05, 3.63) is 42.4 Å². The number of ether oxygens (including phenoxy) is 1. The number of amides is 1. The highest BCUT2D eigenvalue weighted by atomic mass is 32.2. The van der Waals surface area contributed by atoms with Gasteiger partial charge >= 0.3 is 0 Å². The van der Waals surface area contributed by atoms with Crippen LogP contribution < -0.4 is 5.32 Å². The molecular weight excluding hydrogens is 344 g/mol. The first-order valence-electron chi connectivity index (χ1n) is 7.92. The van der Waals surface area contributed by atoms with Gasteiger partial charge in [0.2, 0.25) is 5.91 Å². The molecule has 1 aliphatic heterocycles. The van der Waals surface area contributed by atoms with Gasteiger partial charge in [0, 0.05) is 25.0 Å². The molecule has 1 fully saturated rings. The Balaban J connectivity index is 1.67. The van der Waals surface area contributed by atoms with E-state index in [1.165, 1.54) is 21.4 Å². The topological polar surface area (TPSA) is 93.5 Å². The number of sulfonamides is 1. The summed E-state index contributed by atoms with van der Waals surface area (Å²) in [5, 5.41) is 2.75. The smallest absolute Gasteiger partial charge is 0.262 e. The van der Waals surface area contributed by atoms with Crippen LogP contribution in [0.1, 0.15) is 5.56 Å². The number of carbonyl (C=O) groups excluding carboxylic acids is 1. The summed E-state index contributed by atoms with van der Waals surface area (Å²) in [4.78, 5) is 16.1. The summed E-state index contributed by atoms with van der Waals surface area (Å²) in [7, 11) is -3.65. The van der Waals surface area contributed by atoms with Crippen LogP contribution in [0.4, 0.5) is 5.69 Å². The summed E-state index contributed by atoms with van der Waals surface area (Å²) in [5.41, 5.74) is 1.69. The van der Waals surface area contributed by atoms with Crippen LogP contribution in [0.3, 0.4) is 0 Å². The molecule has 2 aromatic rings. The standard InChI is InChI=1S/C16H20N4O4S/c1-13-4-2-3-5-14(13)18-15(21)10-19-11-16(17-12-19)25(22,23)20-6-8-24-9-7-20/h2-5,11-12H,6-10H2,1H3,(H,18,21). The van der Waals surface area contributed by atoms with Crippen molar-refractivity contribution in [3.63, 3.8) is 0 Å². The summed E-state index contributed by atoms with van der Waals surface area (Å²) in [6.07, 6.45) is 2.73. The molecule has 134 valence electrons. The number of hydrogen-bond acceptors (Lipinski definition) is 5. The van der Waals surface area contributed by atoms with E-state index in [1.807, 2.05) is 31.2 Å². The van der Waals surface area contributed by atoms with Crippen LogP contribution in [0.25, 0.3) is 0 Å². The van der Waals surface area contributed by atoms with Gasteiger partial charge in [-0.3, -0.25) is 4.79 Å². The van der Waals surface area contributed by atoms with E-state index in [9.17, 15) is 13.2 Å². The van der Waals surface area contributed by atoms with Gasteiger partial charge in [0.05, 0.1) is 19.5 Å². The minimum atomic E-state index is -3.65. The van der Waals surface area contributed by atoms with Gasteiger partial charge in [-0.1, -0.05) is 18.2 Å². The first-order valence-corrected chi connectivity index (χ1v) is 9.36. The highest BCUT2D eigenvalue weighted by Gasteiger charge is 2.28. The molecule has 0 radical (unpaired) electrons. The van der Waals surface area contributed by atoms with E-state index in [-0.39, 0.29) is 17.5 Å². The maximum Gasteiger partial charge on any atom is 0.262 e. The zero-order chi connectivity index (χ0) is 17.9. The monoisotopic (exact) mass is 364 g/mol. The number of nitrogens with zero attached hydrogens (tertiary/aromatic N) is 3. The predicted octanol–water partition coefficient (Wildman–Crippen LogP) is 0.851. The Morgan fingerprint density at radius 3 is 2.72 bits per heavy atom. The quantitative estimate of drug-likeness (QED) is 0.849. The van der Waals surface area contributed by atoms with Crippen LogP contribution in [0.2, 0.25) is 0 Å². The van der Waals surface area contributed by atoms with Gasteiger partial charge in [-0.2, -0.15) is 4.31 Å². The van der Waals surface area contributed by atoms with Crippen LogP contribution in [0.15, 0.2) is 41.8 Å². The van der Waals surface area contributed by atoms with Crippen LogP contribution in [-0.4, -0.2) is 54.5 Å². The van der Waals surface area contributed by atoms with E-state index in [1.54, 1.807) is 0 Å². The number of imidazole rings is 1. The van der Waals surface area contributed by atoms with Gasteiger partial charge in [-0.15, -0.1) is 0 Å². The molecule has 9 heteroatoms. The lowest BCUT2D eigenvalue weighted by atomic mass is 10.2. The average Bonchev–Trinajstić information content (AvgIpc) is 3.07. The molecule has 2 heterocycles. The molecule has 1 aromatic heterocycles. The third-order valence-corrected chi connectivity index (χ3v) is 5.71. The van der Waals surface area contributed by atoms with Crippen LogP contribution in [0.5, 0.6) is 0 Å². The Labute approximate surface area is 146 Å². The van der Waals surface area contributed by atoms with Crippen molar-refractivity contribution in [2.75, 3.05) is 31.6 Å². The summed E-state index contributed by atoms with van der Waals surface area (Å²) in [6.45, 7) is 3.25. The average molecular weight is 364 g/mol. The second-order valence-corrected chi connectivity index (χ2v) is 7.65. The lowest BCUT2D eigenvalue weighted by molar-refractivity contribution is -0.116. The summed E-state index contributed by atoms with van der Waals surface area (Å²) in [5.74, 6) is -0.248. The Morgan fingerprint density at radius 2 is 2.00 bits per heavy atom. The van der Waals surface area contributed by atoms with Gasteiger partial charge in [0.25, 0.3) is 10.0 Å². The Kier molecular flexibility index (Phi) is 5.16. The number of carbonyl (C=O) groups is 1. The van der Waals surface area contributed by atoms with Crippen molar-refractivity contribution in [1.82, 2.24) is 13.9 Å². The molecule has 1 amide bonds. The van der Waals surface area contributed by atoms with Crippen molar-refractivity contribution < 1.29 is 17.9 Å². The molecule has 0 spiro atoms. The number of para-hydroxylation sites is 1. The molecular formula is C16H20N4O4S. The number of rotatable bonds is 5. The molecule has 1 aromatic carbocycles. The Morgan fingerprint density at radius 1 is 1.28 bits per heavy atom. The SMILES string of the molecule is Cc1ccccc1NC(=O)Cn1cnc(S(=O)(=O)N2CCOCC2)c1. The van der Waals surface area contributed by atoms with Gasteiger partial charge in [0.15, 0.2) is 5.03 Å². The number of nitrogens with one attached hydrogen (secondary N) is 1. The minimum absolute atomic E-state index is 0.0139. The first kappa shape index (κ1) is 17.6. The van der Waals surface area contributed by atoms with E-state index in [0.717, 1.165) is 11.3 Å². The number of morpholine rings is 1. The van der Waals surface area contributed by atoms with Crippen molar-refractivity contribution in [2.24, 2.45) is 0 Å². The van der Waals surface area contributed by atoms with E-state index >= 15 is 0 Å². The van der Waals surface area contributed by atoms with Gasteiger partial charge < -0.3 is 14.6 Å². The predicted molar refractivity (Wildman–Crippen MR) is 91.6 cm³/mol. The van der Waals surface area contributed by atoms with Crippen molar-refractivity contribution >= 4 is 21.6 Å². The van der Waals surface area contributed by atoms with Gasteiger partial charge in [0.1, 0.15) is 6.54 Å². The fourth-order valence-corrected chi connectivity index (χ4v) is 3.89. The third-order valence-electron chi connectivity index (χ3n) is 3.93. The molecule has 1 N–H and O–H groups in total. The molecule has 0 bridgehead atoms. The molecule has 1 aliphatic rings. The third kappa shape index (κ3) is 4.06. The number of aromatic nitrogens is 2. The maximum absolute atomic E-state index is 12.5. The molecule has 0 unspecified atom stereocenters. The number of hydrogen-bond donors (Lipinski definition) is 1. The van der Waals surface area contributed by atoms with Gasteiger partial charge in [-0.05, 0) is 18.6 Å². The highest BCUT2D eigenvalue weighted by Crippen LogP contribution is 2.16. The largest absolute Gasteiger partial charge is 0.379 e. The van der Waals surface area contributed by atoms with Crippen LogP contribution in [-0.2, 0) is 26.1 Å². The van der Waals surface area contributed by atoms with Crippen molar-refractivity contribution in [1.29, 1.82) is 0 Å². The Bertz CT molecular complexity index is 857. The number of aryl methyl sites for hydroxylation is 1. The van der Waals surface area contributed by atoms with Crippen molar-refractivity contribution in [3.8, 4) is 0 Å². The molecule has 25 heavy (non-hydrogen) atoms. The van der Waals surface area contributed by atoms with Crippen LogP contribution >= 0.6 is 0 Å². The van der Waals surface area contributed by atoms with E-state index in [2.05, 4.69) is 10.3 Å². The summed E-state index contributed by atoms with van der Waals surface area (Å²) >= 11 is 0. The zero-order valence-electron chi connectivity index (χ0n) is 13.9. The number of anilines is 1. The van der Waals surface area contributed by atoms with Gasteiger partial charge in [-0.25, -0.2) is 13.4 Å². The lowest BCUT2D eigenvalue weighted by Gasteiger charge is -2.24. The first-order chi connectivity index (χ1) is 12.0. The molecule has 0 saturated carbocycles. The molecule has 0 aliphatic carbocycles. The molecule has 3 rings (SSSR count). The molecule has 0 atom stereocenters. The van der Waals surface area contributed by atoms with E-state index in [0.29, 0.717) is 26.3 Å². The molecule has 8 nitrogen and oxygen atoms in total. The maximum atomic E-state index is 12.5. The Hall–Kier alpha value is -2.23. The van der Waals surface area contributed by atoms with Crippen LogP contribution in [0, 0.1) is 6.92 Å². The fourth-order valence-electron chi connectivity index (χ4n) is 2.55. The van der Waals surface area contributed by atoms with E-state index < -0.39 is 10.0 Å². The minimum Gasteiger partial charge on any atom is -0.379 e. The highest BCUT2D eigenvalue weighted by molar-refractivity contribution is 7.89. The second kappa shape index (κ2) is 7.34. The second-order valence-electron chi connectivity index (χ2n) is 5.76. The number of benzene rings is 1. The summed E-state index contributed by atoms with van der Waals surface area (Å²) < 4.78 is 33.0. The molecule has 1 saturated heterocycles. The lowest BCUT2D eigenvalue weighted by Crippen LogP contribution is -2.40. The van der Waals surface area contributed by atoms with Crippen molar-refractivity contribution in [2.45, 2.75) is 18.5 Å².